The number of unbranched alkanes of at least 4 members (excludes halogenated alkanes) is 2. The van der Waals surface area contributed by atoms with E-state index in [1.165, 1.54) is 5.57 Å². The fourth-order valence-electron chi connectivity index (χ4n) is 2.70. The number of esters is 1. The highest BCUT2D eigenvalue weighted by atomic mass is 16.6. The van der Waals surface area contributed by atoms with Gasteiger partial charge in [0.15, 0.2) is 0 Å². The van der Waals surface area contributed by atoms with Gasteiger partial charge in [0, 0.05) is 12.8 Å². The van der Waals surface area contributed by atoms with Crippen LogP contribution in [0, 0.1) is 5.92 Å². The third kappa shape index (κ3) is 6.30. The Morgan fingerprint density at radius 3 is 2.59 bits per heavy atom. The quantitative estimate of drug-likeness (QED) is 0.381. The van der Waals surface area contributed by atoms with Crippen LogP contribution in [0.5, 0.6) is 0 Å². The van der Waals surface area contributed by atoms with Gasteiger partial charge in [-0.05, 0) is 52.4 Å². The second kappa shape index (κ2) is 9.78. The van der Waals surface area contributed by atoms with Crippen molar-refractivity contribution in [3.8, 4) is 0 Å². The molecule has 0 spiro atoms. The molecule has 3 atom stereocenters. The van der Waals surface area contributed by atoms with Crippen molar-refractivity contribution in [2.45, 2.75) is 84.3 Å². The molecule has 1 aliphatic heterocycles. The Morgan fingerprint density at radius 2 is 2.00 bits per heavy atom. The smallest absolute Gasteiger partial charge is 0.311 e. The Balaban J connectivity index is 2.10. The van der Waals surface area contributed by atoms with Crippen LogP contribution in [0.1, 0.15) is 72.1 Å². The number of hydrogen-bond donors (Lipinski definition) is 1. The molecule has 0 radical (unpaired) electrons. The Morgan fingerprint density at radius 1 is 1.27 bits per heavy atom. The summed E-state index contributed by atoms with van der Waals surface area (Å²) in [6.45, 7) is 5.73. The van der Waals surface area contributed by atoms with Crippen molar-refractivity contribution in [3.05, 3.63) is 11.6 Å². The van der Waals surface area contributed by atoms with E-state index in [0.29, 0.717) is 18.6 Å². The minimum Gasteiger partial charge on any atom is -0.459 e. The molecule has 0 aromatic heterocycles. The first-order valence-electron chi connectivity index (χ1n) is 8.51. The topological polar surface area (TPSA) is 63.6 Å². The van der Waals surface area contributed by atoms with Gasteiger partial charge in [0.05, 0.1) is 5.92 Å². The zero-order valence-electron chi connectivity index (χ0n) is 14.1. The molecule has 0 saturated carbocycles. The number of cyclic esters (lactones) is 1. The first kappa shape index (κ1) is 18.9. The van der Waals surface area contributed by atoms with Crippen LogP contribution in [0.15, 0.2) is 11.6 Å². The Bertz CT molecular complexity index is 400. The van der Waals surface area contributed by atoms with E-state index in [1.54, 1.807) is 6.92 Å². The number of rotatable bonds is 10. The number of ketones is 1. The van der Waals surface area contributed by atoms with Gasteiger partial charge in [-0.15, -0.1) is 0 Å². The van der Waals surface area contributed by atoms with Crippen molar-refractivity contribution in [2.75, 3.05) is 0 Å². The monoisotopic (exact) mass is 310 g/mol. The van der Waals surface area contributed by atoms with E-state index in [1.807, 2.05) is 6.92 Å². The second-order valence-electron chi connectivity index (χ2n) is 6.34. The minimum atomic E-state index is -0.652. The SMILES string of the molecule is CCC(=O)CCCC(C)=CCCCC[C@H]1OC(=O)[C@H](C)[C@@H]1O. The predicted octanol–water partition coefficient (Wildman–Crippen LogP) is 3.56. The number of carbonyl (C=O) groups excluding carboxylic acids is 2. The van der Waals surface area contributed by atoms with E-state index in [9.17, 15) is 14.7 Å². The summed E-state index contributed by atoms with van der Waals surface area (Å²) in [4.78, 5) is 22.5. The molecule has 0 amide bonds. The second-order valence-corrected chi connectivity index (χ2v) is 6.34. The van der Waals surface area contributed by atoms with Gasteiger partial charge in [-0.3, -0.25) is 9.59 Å². The lowest BCUT2D eigenvalue weighted by Crippen LogP contribution is -2.24. The first-order valence-corrected chi connectivity index (χ1v) is 8.51. The van der Waals surface area contributed by atoms with E-state index in [2.05, 4.69) is 13.0 Å². The Labute approximate surface area is 133 Å². The van der Waals surface area contributed by atoms with Gasteiger partial charge in [0.2, 0.25) is 0 Å². The lowest BCUT2D eigenvalue weighted by atomic mass is 9.99. The molecule has 1 fully saturated rings. The molecular formula is C18H30O4. The molecule has 1 rings (SSSR count). The number of carbonyl (C=O) groups is 2. The molecule has 4 nitrogen and oxygen atoms in total. The molecule has 0 aromatic rings. The molecule has 126 valence electrons. The third-order valence-electron chi connectivity index (χ3n) is 4.39. The fraction of sp³-hybridized carbons (Fsp3) is 0.778. The number of aliphatic hydroxyl groups is 1. The standard InChI is InChI=1S/C18H30O4/c1-4-15(19)11-8-10-13(2)9-6-5-7-12-16-17(20)14(3)18(21)22-16/h9,14,16-17,20H,4-8,10-12H2,1-3H3/t14-,16-,17+/m1/s1. The first-order chi connectivity index (χ1) is 10.5. The number of Topliss-reactive ketones (excluding diaryl/α,β-unsaturated/α-hetero) is 1. The molecule has 1 heterocycles. The lowest BCUT2D eigenvalue weighted by Gasteiger charge is -2.13. The van der Waals surface area contributed by atoms with Crippen molar-refractivity contribution in [1.29, 1.82) is 0 Å². The minimum absolute atomic E-state index is 0.283. The molecule has 22 heavy (non-hydrogen) atoms. The van der Waals surface area contributed by atoms with E-state index < -0.39 is 12.0 Å². The normalized spacial score (nSPS) is 25.4. The van der Waals surface area contributed by atoms with Gasteiger partial charge in [-0.25, -0.2) is 0 Å². The molecule has 0 bridgehead atoms. The molecule has 1 saturated heterocycles. The Kier molecular flexibility index (Phi) is 8.39. The Hall–Kier alpha value is -1.16. The van der Waals surface area contributed by atoms with E-state index in [4.69, 9.17) is 4.74 Å². The summed E-state index contributed by atoms with van der Waals surface area (Å²) in [5.74, 6) is -0.334. The van der Waals surface area contributed by atoms with Crippen LogP contribution in [-0.2, 0) is 14.3 Å². The highest BCUT2D eigenvalue weighted by molar-refractivity contribution is 5.77. The van der Waals surface area contributed by atoms with Gasteiger partial charge < -0.3 is 9.84 Å². The van der Waals surface area contributed by atoms with Crippen LogP contribution >= 0.6 is 0 Å². The summed E-state index contributed by atoms with van der Waals surface area (Å²) < 4.78 is 5.16. The third-order valence-corrected chi connectivity index (χ3v) is 4.39. The molecule has 4 heteroatoms. The molecule has 0 aliphatic carbocycles. The zero-order valence-corrected chi connectivity index (χ0v) is 14.1. The maximum absolute atomic E-state index is 11.3. The maximum Gasteiger partial charge on any atom is 0.311 e. The van der Waals surface area contributed by atoms with Crippen molar-refractivity contribution in [1.82, 2.24) is 0 Å². The van der Waals surface area contributed by atoms with Gasteiger partial charge in [0.1, 0.15) is 18.0 Å². The summed E-state index contributed by atoms with van der Waals surface area (Å²) >= 11 is 0. The molecular weight excluding hydrogens is 280 g/mol. The van der Waals surface area contributed by atoms with Crippen LogP contribution in [-0.4, -0.2) is 29.1 Å². The summed E-state index contributed by atoms with van der Waals surface area (Å²) in [5.41, 5.74) is 1.34. The van der Waals surface area contributed by atoms with Crippen LogP contribution in [0.4, 0.5) is 0 Å². The van der Waals surface area contributed by atoms with Crippen molar-refractivity contribution >= 4 is 11.8 Å². The van der Waals surface area contributed by atoms with Crippen molar-refractivity contribution in [3.63, 3.8) is 0 Å². The largest absolute Gasteiger partial charge is 0.459 e. The van der Waals surface area contributed by atoms with Crippen LogP contribution < -0.4 is 0 Å². The van der Waals surface area contributed by atoms with Crippen molar-refractivity contribution in [2.24, 2.45) is 5.92 Å². The average Bonchev–Trinajstić information content (AvgIpc) is 2.74. The molecule has 0 unspecified atom stereocenters. The maximum atomic E-state index is 11.3. The number of aliphatic hydroxyl groups excluding tert-OH is 1. The van der Waals surface area contributed by atoms with Gasteiger partial charge >= 0.3 is 5.97 Å². The zero-order chi connectivity index (χ0) is 16.5. The van der Waals surface area contributed by atoms with Crippen LogP contribution in [0.3, 0.4) is 0 Å². The number of allylic oxidation sites excluding steroid dienone is 2. The predicted molar refractivity (Wildman–Crippen MR) is 86.4 cm³/mol. The van der Waals surface area contributed by atoms with Crippen LogP contribution in [0.25, 0.3) is 0 Å². The van der Waals surface area contributed by atoms with Crippen molar-refractivity contribution < 1.29 is 19.4 Å². The lowest BCUT2D eigenvalue weighted by molar-refractivity contribution is -0.144. The summed E-state index contributed by atoms with van der Waals surface area (Å²) in [5, 5.41) is 9.85. The molecule has 1 aliphatic rings. The van der Waals surface area contributed by atoms with E-state index in [-0.39, 0.29) is 12.1 Å². The summed E-state index contributed by atoms with van der Waals surface area (Å²) in [7, 11) is 0. The fourth-order valence-corrected chi connectivity index (χ4v) is 2.70. The highest BCUT2D eigenvalue weighted by Crippen LogP contribution is 2.25. The summed E-state index contributed by atoms with van der Waals surface area (Å²) in [6.07, 6.45) is 8.21. The highest BCUT2D eigenvalue weighted by Gasteiger charge is 2.39. The van der Waals surface area contributed by atoms with Gasteiger partial charge in [-0.1, -0.05) is 18.6 Å². The van der Waals surface area contributed by atoms with E-state index >= 15 is 0 Å². The van der Waals surface area contributed by atoms with Gasteiger partial charge in [-0.2, -0.15) is 0 Å². The van der Waals surface area contributed by atoms with Crippen LogP contribution in [0.2, 0.25) is 0 Å². The van der Waals surface area contributed by atoms with E-state index in [0.717, 1.165) is 38.5 Å². The number of hydrogen-bond acceptors (Lipinski definition) is 4. The molecule has 0 aromatic carbocycles. The van der Waals surface area contributed by atoms with Gasteiger partial charge in [0.25, 0.3) is 0 Å². The summed E-state index contributed by atoms with van der Waals surface area (Å²) in [6, 6.07) is 0. The molecule has 1 N–H and O–H groups in total. The average molecular weight is 310 g/mol. The number of ether oxygens (including phenoxy) is 1.